The largest absolute Gasteiger partial charge is 0.347 e. The Morgan fingerprint density at radius 1 is 1.29 bits per heavy atom. The molecule has 3 aromatic heterocycles. The van der Waals surface area contributed by atoms with E-state index in [9.17, 15) is 4.79 Å². The molecule has 5 nitrogen and oxygen atoms in total. The summed E-state index contributed by atoms with van der Waals surface area (Å²) in [4.78, 5) is 18.2. The Bertz CT molecular complexity index is 776. The van der Waals surface area contributed by atoms with Gasteiger partial charge in [-0.2, -0.15) is 5.10 Å². The number of rotatable bonds is 6. The fourth-order valence-electron chi connectivity index (χ4n) is 2.68. The van der Waals surface area contributed by atoms with Crippen molar-refractivity contribution in [2.75, 3.05) is 0 Å². The van der Waals surface area contributed by atoms with Gasteiger partial charge in [0, 0.05) is 28.8 Å². The minimum atomic E-state index is -0.134. The van der Waals surface area contributed by atoms with Crippen LogP contribution in [0.15, 0.2) is 41.9 Å². The van der Waals surface area contributed by atoms with Gasteiger partial charge in [0.15, 0.2) is 0 Å². The zero-order valence-electron chi connectivity index (χ0n) is 13.7. The molecule has 0 aliphatic heterocycles. The molecule has 0 saturated heterocycles. The minimum Gasteiger partial charge on any atom is -0.347 e. The number of aromatic amines is 1. The number of aryl methyl sites for hydroxylation is 2. The quantitative estimate of drug-likeness (QED) is 0.724. The van der Waals surface area contributed by atoms with Crippen molar-refractivity contribution in [1.29, 1.82) is 0 Å². The SMILES string of the molecule is Cc1n[nH]c(C)c1CC(=O)NC(Cc1cccs1)c1ccccn1. The molecule has 3 aromatic rings. The van der Waals surface area contributed by atoms with Crippen LogP contribution < -0.4 is 5.32 Å². The number of nitrogens with zero attached hydrogens (tertiary/aromatic N) is 2. The molecule has 0 saturated carbocycles. The monoisotopic (exact) mass is 340 g/mol. The second kappa shape index (κ2) is 7.40. The Morgan fingerprint density at radius 2 is 2.17 bits per heavy atom. The molecule has 0 aliphatic rings. The fourth-order valence-corrected chi connectivity index (χ4v) is 3.43. The van der Waals surface area contributed by atoms with E-state index in [0.29, 0.717) is 6.42 Å². The Labute approximate surface area is 145 Å². The fraction of sp³-hybridized carbons (Fsp3) is 0.278. The van der Waals surface area contributed by atoms with Crippen molar-refractivity contribution in [3.63, 3.8) is 0 Å². The van der Waals surface area contributed by atoms with Gasteiger partial charge < -0.3 is 5.32 Å². The first-order valence-corrected chi connectivity index (χ1v) is 8.74. The van der Waals surface area contributed by atoms with Crippen LogP contribution in [0, 0.1) is 13.8 Å². The zero-order valence-corrected chi connectivity index (χ0v) is 14.6. The molecule has 1 unspecified atom stereocenters. The van der Waals surface area contributed by atoms with Crippen molar-refractivity contribution in [3.8, 4) is 0 Å². The maximum atomic E-state index is 12.5. The molecule has 0 radical (unpaired) electrons. The highest BCUT2D eigenvalue weighted by atomic mass is 32.1. The van der Waals surface area contributed by atoms with Crippen LogP contribution in [0.5, 0.6) is 0 Å². The normalized spacial score (nSPS) is 12.1. The summed E-state index contributed by atoms with van der Waals surface area (Å²) >= 11 is 1.69. The van der Waals surface area contributed by atoms with Gasteiger partial charge >= 0.3 is 0 Å². The first-order chi connectivity index (χ1) is 11.6. The smallest absolute Gasteiger partial charge is 0.225 e. The van der Waals surface area contributed by atoms with Crippen LogP contribution in [-0.2, 0) is 17.6 Å². The van der Waals surface area contributed by atoms with Crippen LogP contribution in [-0.4, -0.2) is 21.1 Å². The van der Waals surface area contributed by atoms with Crippen LogP contribution >= 0.6 is 11.3 Å². The summed E-state index contributed by atoms with van der Waals surface area (Å²) in [6.45, 7) is 3.85. The lowest BCUT2D eigenvalue weighted by atomic mass is 10.1. The zero-order chi connectivity index (χ0) is 16.9. The molecular weight excluding hydrogens is 320 g/mol. The van der Waals surface area contributed by atoms with Gasteiger partial charge in [-0.15, -0.1) is 11.3 Å². The number of H-pyrrole nitrogens is 1. The number of hydrogen-bond donors (Lipinski definition) is 2. The van der Waals surface area contributed by atoms with Gasteiger partial charge in [-0.3, -0.25) is 14.9 Å². The van der Waals surface area contributed by atoms with E-state index < -0.39 is 0 Å². The average Bonchev–Trinajstić information content (AvgIpc) is 3.20. The number of thiophene rings is 1. The molecular formula is C18H20N4OS. The summed E-state index contributed by atoms with van der Waals surface area (Å²) in [6.07, 6.45) is 2.82. The molecule has 0 bridgehead atoms. The Morgan fingerprint density at radius 3 is 2.79 bits per heavy atom. The third-order valence-corrected chi connectivity index (χ3v) is 4.88. The van der Waals surface area contributed by atoms with Gasteiger partial charge in [0.2, 0.25) is 5.91 Å². The molecule has 0 fully saturated rings. The third-order valence-electron chi connectivity index (χ3n) is 3.98. The standard InChI is InChI=1S/C18H20N4OS/c1-12-15(13(2)22-21-12)11-18(23)20-17(10-14-6-5-9-24-14)16-7-3-4-8-19-16/h3-9,17H,10-11H2,1-2H3,(H,20,23)(H,21,22). The maximum absolute atomic E-state index is 12.5. The molecule has 0 aliphatic carbocycles. The van der Waals surface area contributed by atoms with Crippen LogP contribution in [0.3, 0.4) is 0 Å². The molecule has 0 spiro atoms. The molecule has 3 rings (SSSR count). The first-order valence-electron chi connectivity index (χ1n) is 7.86. The lowest BCUT2D eigenvalue weighted by Gasteiger charge is -2.18. The third kappa shape index (κ3) is 3.89. The Balaban J connectivity index is 1.75. The van der Waals surface area contributed by atoms with Crippen molar-refractivity contribution < 1.29 is 4.79 Å². The van der Waals surface area contributed by atoms with Gasteiger partial charge in [0.1, 0.15) is 0 Å². The highest BCUT2D eigenvalue weighted by Crippen LogP contribution is 2.20. The maximum Gasteiger partial charge on any atom is 0.225 e. The van der Waals surface area contributed by atoms with E-state index in [-0.39, 0.29) is 11.9 Å². The predicted molar refractivity (Wildman–Crippen MR) is 94.9 cm³/mol. The van der Waals surface area contributed by atoms with Gasteiger partial charge in [-0.05, 0) is 37.4 Å². The summed E-state index contributed by atoms with van der Waals surface area (Å²) in [5.74, 6) is -0.0187. The molecule has 1 atom stereocenters. The van der Waals surface area contributed by atoms with Crippen molar-refractivity contribution in [3.05, 3.63) is 69.4 Å². The van der Waals surface area contributed by atoms with E-state index in [1.807, 2.05) is 43.5 Å². The molecule has 3 heterocycles. The first kappa shape index (κ1) is 16.4. The summed E-state index contributed by atoms with van der Waals surface area (Å²) in [5.41, 5.74) is 3.65. The van der Waals surface area contributed by atoms with Gasteiger partial charge in [-0.25, -0.2) is 0 Å². The predicted octanol–water partition coefficient (Wildman–Crippen LogP) is 3.13. The lowest BCUT2D eigenvalue weighted by molar-refractivity contribution is -0.121. The number of carbonyl (C=O) groups is 1. The molecule has 0 aromatic carbocycles. The topological polar surface area (TPSA) is 70.7 Å². The van der Waals surface area contributed by atoms with Crippen LogP contribution in [0.1, 0.15) is 33.6 Å². The lowest BCUT2D eigenvalue weighted by Crippen LogP contribution is -2.31. The number of pyridine rings is 1. The molecule has 6 heteroatoms. The highest BCUT2D eigenvalue weighted by Gasteiger charge is 2.19. The molecule has 1 amide bonds. The Hall–Kier alpha value is -2.47. The average molecular weight is 340 g/mol. The number of hydrogen-bond acceptors (Lipinski definition) is 4. The number of amides is 1. The van der Waals surface area contributed by atoms with Crippen LogP contribution in [0.4, 0.5) is 0 Å². The Kier molecular flexibility index (Phi) is 5.05. The van der Waals surface area contributed by atoms with Gasteiger partial charge in [0.25, 0.3) is 0 Å². The van der Waals surface area contributed by atoms with E-state index in [4.69, 9.17) is 0 Å². The minimum absolute atomic E-state index is 0.0187. The second-order valence-electron chi connectivity index (χ2n) is 5.75. The van der Waals surface area contributed by atoms with E-state index in [1.54, 1.807) is 17.5 Å². The van der Waals surface area contributed by atoms with Crippen LogP contribution in [0.25, 0.3) is 0 Å². The van der Waals surface area contributed by atoms with Crippen molar-refractivity contribution in [2.24, 2.45) is 0 Å². The van der Waals surface area contributed by atoms with Crippen molar-refractivity contribution in [1.82, 2.24) is 20.5 Å². The van der Waals surface area contributed by atoms with Gasteiger partial charge in [0.05, 0.1) is 23.9 Å². The summed E-state index contributed by atoms with van der Waals surface area (Å²) < 4.78 is 0. The van der Waals surface area contributed by atoms with Crippen LogP contribution in [0.2, 0.25) is 0 Å². The number of aromatic nitrogens is 3. The van der Waals surface area contributed by atoms with Gasteiger partial charge in [-0.1, -0.05) is 12.1 Å². The summed E-state index contributed by atoms with van der Waals surface area (Å²) in [6, 6.07) is 9.75. The van der Waals surface area contributed by atoms with Crippen molar-refractivity contribution in [2.45, 2.75) is 32.7 Å². The van der Waals surface area contributed by atoms with E-state index in [1.165, 1.54) is 4.88 Å². The van der Waals surface area contributed by atoms with Crippen molar-refractivity contribution >= 4 is 17.2 Å². The molecule has 124 valence electrons. The molecule has 2 N–H and O–H groups in total. The van der Waals surface area contributed by atoms with E-state index in [2.05, 4.69) is 26.6 Å². The van der Waals surface area contributed by atoms with E-state index in [0.717, 1.165) is 29.1 Å². The second-order valence-corrected chi connectivity index (χ2v) is 6.78. The summed E-state index contributed by atoms with van der Waals surface area (Å²) in [5, 5.41) is 12.2. The molecule has 24 heavy (non-hydrogen) atoms. The number of carbonyl (C=O) groups excluding carboxylic acids is 1. The number of nitrogens with one attached hydrogen (secondary N) is 2. The summed E-state index contributed by atoms with van der Waals surface area (Å²) in [7, 11) is 0. The highest BCUT2D eigenvalue weighted by molar-refractivity contribution is 7.09. The van der Waals surface area contributed by atoms with E-state index >= 15 is 0 Å².